The molecule has 0 spiro atoms. The van der Waals surface area contributed by atoms with E-state index in [0.29, 0.717) is 16.8 Å². The van der Waals surface area contributed by atoms with E-state index in [1.54, 1.807) is 13.0 Å². The number of benzene rings is 2. The van der Waals surface area contributed by atoms with E-state index in [1.165, 1.54) is 24.3 Å². The zero-order valence-corrected chi connectivity index (χ0v) is 17.5. The Morgan fingerprint density at radius 3 is 2.57 bits per heavy atom. The number of pyridine rings is 1. The van der Waals surface area contributed by atoms with Gasteiger partial charge in [-0.2, -0.15) is 0 Å². The van der Waals surface area contributed by atoms with E-state index < -0.39 is 24.1 Å². The fraction of sp³-hybridized carbons (Fsp3) is 0.182. The summed E-state index contributed by atoms with van der Waals surface area (Å²) in [4.78, 5) is 16.6. The summed E-state index contributed by atoms with van der Waals surface area (Å²) >= 11 is 12.0. The van der Waals surface area contributed by atoms with E-state index in [4.69, 9.17) is 27.9 Å². The summed E-state index contributed by atoms with van der Waals surface area (Å²) < 4.78 is 18.7. The molecule has 3 aromatic rings. The first-order chi connectivity index (χ1) is 14.3. The van der Waals surface area contributed by atoms with Gasteiger partial charge in [-0.25, -0.2) is 14.2 Å². The molecule has 2 aromatic carbocycles. The van der Waals surface area contributed by atoms with Crippen molar-refractivity contribution >= 4 is 29.3 Å². The van der Waals surface area contributed by atoms with Crippen LogP contribution in [0, 0.1) is 5.82 Å². The Bertz CT molecular complexity index is 1050. The molecule has 0 saturated heterocycles. The van der Waals surface area contributed by atoms with Crippen molar-refractivity contribution in [3.05, 3.63) is 87.8 Å². The van der Waals surface area contributed by atoms with Crippen LogP contribution in [-0.4, -0.2) is 22.8 Å². The topological polar surface area (TPSA) is 71.5 Å². The fourth-order valence-corrected chi connectivity index (χ4v) is 3.20. The number of aliphatic hydroxyl groups excluding tert-OH is 1. The number of rotatable bonds is 6. The van der Waals surface area contributed by atoms with Gasteiger partial charge in [-0.1, -0.05) is 53.5 Å². The SMILES string of the molecule is CC(CO)(NC(=O)OCc1ccccc1)c1cc(Cl)nc(-c2ccc(F)c(Cl)c2)c1. The van der Waals surface area contributed by atoms with Crippen LogP contribution in [0.4, 0.5) is 9.18 Å². The van der Waals surface area contributed by atoms with Crippen LogP contribution in [0.2, 0.25) is 10.2 Å². The van der Waals surface area contributed by atoms with E-state index in [-0.39, 0.29) is 16.8 Å². The van der Waals surface area contributed by atoms with Gasteiger partial charge in [-0.3, -0.25) is 0 Å². The molecule has 0 aliphatic rings. The number of carbonyl (C=O) groups excluding carboxylic acids is 1. The first kappa shape index (κ1) is 22.0. The van der Waals surface area contributed by atoms with Crippen molar-refractivity contribution in [1.29, 1.82) is 0 Å². The summed E-state index contributed by atoms with van der Waals surface area (Å²) in [6.07, 6.45) is -0.699. The highest BCUT2D eigenvalue weighted by molar-refractivity contribution is 6.31. The second kappa shape index (κ2) is 9.43. The predicted molar refractivity (Wildman–Crippen MR) is 114 cm³/mol. The summed E-state index contributed by atoms with van der Waals surface area (Å²) in [5, 5.41) is 12.8. The Labute approximate surface area is 183 Å². The minimum atomic E-state index is -1.20. The van der Waals surface area contributed by atoms with Gasteiger partial charge in [0.1, 0.15) is 17.6 Å². The van der Waals surface area contributed by atoms with Crippen LogP contribution >= 0.6 is 23.2 Å². The highest BCUT2D eigenvalue weighted by Gasteiger charge is 2.30. The molecule has 8 heteroatoms. The molecule has 0 bridgehead atoms. The maximum absolute atomic E-state index is 13.5. The average Bonchev–Trinajstić information content (AvgIpc) is 2.74. The Balaban J connectivity index is 1.82. The van der Waals surface area contributed by atoms with E-state index in [1.807, 2.05) is 30.3 Å². The van der Waals surface area contributed by atoms with Crippen LogP contribution in [0.5, 0.6) is 0 Å². The zero-order chi connectivity index (χ0) is 21.7. The molecule has 5 nitrogen and oxygen atoms in total. The largest absolute Gasteiger partial charge is 0.445 e. The van der Waals surface area contributed by atoms with Gasteiger partial charge in [0.05, 0.1) is 22.9 Å². The van der Waals surface area contributed by atoms with Crippen LogP contribution in [0.3, 0.4) is 0 Å². The Morgan fingerprint density at radius 1 is 1.17 bits per heavy atom. The molecule has 1 atom stereocenters. The van der Waals surface area contributed by atoms with Crippen molar-refractivity contribution in [3.8, 4) is 11.3 Å². The van der Waals surface area contributed by atoms with Crippen LogP contribution in [0.1, 0.15) is 18.1 Å². The molecule has 0 saturated carbocycles. The highest BCUT2D eigenvalue weighted by Crippen LogP contribution is 2.30. The molecule has 1 aromatic heterocycles. The van der Waals surface area contributed by atoms with E-state index in [0.717, 1.165) is 5.56 Å². The van der Waals surface area contributed by atoms with Crippen LogP contribution in [0.25, 0.3) is 11.3 Å². The number of hydrogen-bond acceptors (Lipinski definition) is 4. The Kier molecular flexibility index (Phi) is 6.92. The number of nitrogens with one attached hydrogen (secondary N) is 1. The summed E-state index contributed by atoms with van der Waals surface area (Å²) in [7, 11) is 0. The predicted octanol–water partition coefficient (Wildman–Crippen LogP) is 5.33. The molecule has 0 aliphatic heterocycles. The van der Waals surface area contributed by atoms with Crippen molar-refractivity contribution in [2.24, 2.45) is 0 Å². The van der Waals surface area contributed by atoms with Crippen LogP contribution in [-0.2, 0) is 16.9 Å². The van der Waals surface area contributed by atoms with E-state index in [9.17, 15) is 14.3 Å². The number of nitrogens with zero attached hydrogens (tertiary/aromatic N) is 1. The van der Waals surface area contributed by atoms with Gasteiger partial charge < -0.3 is 15.2 Å². The monoisotopic (exact) mass is 448 g/mol. The Hall–Kier alpha value is -2.67. The second-order valence-electron chi connectivity index (χ2n) is 6.87. The molecule has 0 aliphatic carbocycles. The third-order valence-corrected chi connectivity index (χ3v) is 5.04. The molecule has 1 heterocycles. The molecule has 156 valence electrons. The van der Waals surface area contributed by atoms with Gasteiger partial charge in [-0.15, -0.1) is 0 Å². The highest BCUT2D eigenvalue weighted by atomic mass is 35.5. The van der Waals surface area contributed by atoms with Crippen molar-refractivity contribution in [1.82, 2.24) is 10.3 Å². The van der Waals surface area contributed by atoms with Gasteiger partial charge in [0.15, 0.2) is 0 Å². The molecule has 3 rings (SSSR count). The van der Waals surface area contributed by atoms with Gasteiger partial charge in [0.2, 0.25) is 0 Å². The summed E-state index contributed by atoms with van der Waals surface area (Å²) in [6.45, 7) is 1.30. The van der Waals surface area contributed by atoms with Crippen molar-refractivity contribution < 1.29 is 19.0 Å². The zero-order valence-electron chi connectivity index (χ0n) is 16.0. The third kappa shape index (κ3) is 5.27. The number of ether oxygens (including phenoxy) is 1. The molecule has 30 heavy (non-hydrogen) atoms. The Morgan fingerprint density at radius 2 is 1.90 bits per heavy atom. The average molecular weight is 449 g/mol. The summed E-state index contributed by atoms with van der Waals surface area (Å²) in [5.74, 6) is -0.550. The van der Waals surface area contributed by atoms with Gasteiger partial charge in [0, 0.05) is 5.56 Å². The molecule has 2 N–H and O–H groups in total. The standard InChI is InChI=1S/C22H19Cl2FN2O3/c1-22(13-28,27-21(29)30-12-14-5-3-2-4-6-14)16-10-19(26-20(24)11-16)15-7-8-18(25)17(23)9-15/h2-11,28H,12-13H2,1H3,(H,27,29). The van der Waals surface area contributed by atoms with E-state index in [2.05, 4.69) is 10.3 Å². The first-order valence-electron chi connectivity index (χ1n) is 9.04. The normalized spacial score (nSPS) is 12.8. The number of aliphatic hydroxyl groups is 1. The number of carbonyl (C=O) groups is 1. The lowest BCUT2D eigenvalue weighted by Gasteiger charge is -2.29. The maximum Gasteiger partial charge on any atom is 0.408 e. The molecule has 1 unspecified atom stereocenters. The molecule has 1 amide bonds. The summed E-state index contributed by atoms with van der Waals surface area (Å²) in [6, 6.07) is 16.6. The van der Waals surface area contributed by atoms with Crippen molar-refractivity contribution in [3.63, 3.8) is 0 Å². The summed E-state index contributed by atoms with van der Waals surface area (Å²) in [5.41, 5.74) is 1.09. The quantitative estimate of drug-likeness (QED) is 0.500. The third-order valence-electron chi connectivity index (χ3n) is 4.55. The van der Waals surface area contributed by atoms with E-state index >= 15 is 0 Å². The van der Waals surface area contributed by atoms with Crippen LogP contribution < -0.4 is 5.32 Å². The molecule has 0 fully saturated rings. The van der Waals surface area contributed by atoms with Gasteiger partial charge in [-0.05, 0) is 48.4 Å². The minimum absolute atomic E-state index is 0.0524. The van der Waals surface area contributed by atoms with Crippen LogP contribution in [0.15, 0.2) is 60.7 Å². The number of aromatic nitrogens is 1. The number of amides is 1. The lowest BCUT2D eigenvalue weighted by atomic mass is 9.92. The maximum atomic E-state index is 13.5. The number of alkyl carbamates (subject to hydrolysis) is 1. The molecule has 0 radical (unpaired) electrons. The molecular weight excluding hydrogens is 430 g/mol. The van der Waals surface area contributed by atoms with Crippen molar-refractivity contribution in [2.75, 3.05) is 6.61 Å². The lowest BCUT2D eigenvalue weighted by molar-refractivity contribution is 0.111. The van der Waals surface area contributed by atoms with Gasteiger partial charge >= 0.3 is 6.09 Å². The molecular formula is C22H19Cl2FN2O3. The second-order valence-corrected chi connectivity index (χ2v) is 7.66. The number of hydrogen-bond donors (Lipinski definition) is 2. The minimum Gasteiger partial charge on any atom is -0.445 e. The van der Waals surface area contributed by atoms with Gasteiger partial charge in [0.25, 0.3) is 0 Å². The van der Waals surface area contributed by atoms with Crippen molar-refractivity contribution in [2.45, 2.75) is 19.1 Å². The fourth-order valence-electron chi connectivity index (χ4n) is 2.81. The first-order valence-corrected chi connectivity index (χ1v) is 9.79. The number of halogens is 3. The smallest absolute Gasteiger partial charge is 0.408 e. The lowest BCUT2D eigenvalue weighted by Crippen LogP contribution is -2.46.